The van der Waals surface area contributed by atoms with E-state index in [2.05, 4.69) is 20.9 Å². The maximum Gasteiger partial charge on any atom is 0.326 e. The van der Waals surface area contributed by atoms with Gasteiger partial charge in [0.2, 0.25) is 17.7 Å². The van der Waals surface area contributed by atoms with Crippen LogP contribution >= 0.6 is 0 Å². The molecule has 0 aliphatic heterocycles. The monoisotopic (exact) mass is 565 g/mol. The highest BCUT2D eigenvalue weighted by atomic mass is 16.4. The Kier molecular flexibility index (Phi) is 13.9. The van der Waals surface area contributed by atoms with E-state index in [1.165, 1.54) is 12.1 Å². The van der Waals surface area contributed by atoms with Crippen LogP contribution < -0.4 is 33.2 Å². The number of guanidine groups is 1. The minimum absolute atomic E-state index is 0.0185. The van der Waals surface area contributed by atoms with Crippen molar-refractivity contribution in [3.8, 4) is 5.75 Å². The Hall–Kier alpha value is -4.40. The molecule has 222 valence electrons. The number of carboxylic acid groups (broad SMARTS) is 2. The molecule has 1 rings (SSSR count). The molecule has 0 heterocycles. The fourth-order valence-corrected chi connectivity index (χ4v) is 3.62. The van der Waals surface area contributed by atoms with Crippen molar-refractivity contribution in [3.05, 3.63) is 29.8 Å². The summed E-state index contributed by atoms with van der Waals surface area (Å²) in [5.41, 5.74) is 17.2. The fraction of sp³-hybridized carbons (Fsp3) is 0.520. The molecule has 5 atom stereocenters. The van der Waals surface area contributed by atoms with Crippen molar-refractivity contribution in [3.63, 3.8) is 0 Å². The highest BCUT2D eigenvalue weighted by Crippen LogP contribution is 2.12. The number of hydrogen-bond donors (Lipinski definition) is 9. The highest BCUT2D eigenvalue weighted by Gasteiger charge is 2.32. The molecule has 0 aromatic heterocycles. The predicted molar refractivity (Wildman–Crippen MR) is 145 cm³/mol. The van der Waals surface area contributed by atoms with E-state index in [1.54, 1.807) is 26.0 Å². The first-order valence-electron chi connectivity index (χ1n) is 12.7. The van der Waals surface area contributed by atoms with E-state index in [1.807, 2.05) is 0 Å². The second-order valence-electron chi connectivity index (χ2n) is 9.36. The molecule has 12 N–H and O–H groups in total. The largest absolute Gasteiger partial charge is 0.508 e. The normalized spacial score (nSPS) is 14.5. The zero-order valence-electron chi connectivity index (χ0n) is 22.5. The number of nitrogens with one attached hydrogen (secondary N) is 3. The number of rotatable bonds is 17. The molecule has 0 saturated carbocycles. The summed E-state index contributed by atoms with van der Waals surface area (Å²) in [6, 6.07) is 0.671. The number of carbonyl (C=O) groups is 5. The number of carbonyl (C=O) groups excluding carboxylic acids is 3. The van der Waals surface area contributed by atoms with E-state index in [-0.39, 0.29) is 37.5 Å². The number of aromatic hydroxyl groups is 1. The van der Waals surface area contributed by atoms with Crippen molar-refractivity contribution in [1.29, 1.82) is 0 Å². The molecule has 0 aliphatic rings. The standard InChI is InChI=1S/C25H39N7O8/c1-3-13(2)20(24(39)40)32-22(37)17(5-4-10-29-25(27)28)30-23(38)18(12-19(34)35)31-21(36)16(26)11-14-6-8-15(33)9-7-14/h6-9,13,16-18,20,33H,3-5,10-12,26H2,1-2H3,(H,30,38)(H,31,36)(H,32,37)(H,34,35)(H,39,40)(H4,27,28,29). The van der Waals surface area contributed by atoms with Gasteiger partial charge in [0.25, 0.3) is 0 Å². The summed E-state index contributed by atoms with van der Waals surface area (Å²) in [4.78, 5) is 65.7. The summed E-state index contributed by atoms with van der Waals surface area (Å²) in [5, 5.41) is 35.4. The van der Waals surface area contributed by atoms with Crippen molar-refractivity contribution in [2.75, 3.05) is 6.54 Å². The number of nitrogens with zero attached hydrogens (tertiary/aromatic N) is 1. The summed E-state index contributed by atoms with van der Waals surface area (Å²) >= 11 is 0. The van der Waals surface area contributed by atoms with Gasteiger partial charge in [-0.2, -0.15) is 0 Å². The molecule has 0 bridgehead atoms. The van der Waals surface area contributed by atoms with Crippen LogP contribution in [0.25, 0.3) is 0 Å². The van der Waals surface area contributed by atoms with Crippen LogP contribution in [-0.4, -0.2) is 81.7 Å². The number of aliphatic carboxylic acids is 2. The van der Waals surface area contributed by atoms with Crippen molar-refractivity contribution in [1.82, 2.24) is 16.0 Å². The number of benzene rings is 1. The Balaban J connectivity index is 3.05. The predicted octanol–water partition coefficient (Wildman–Crippen LogP) is -1.62. The Morgan fingerprint density at radius 3 is 2.02 bits per heavy atom. The van der Waals surface area contributed by atoms with E-state index < -0.39 is 66.2 Å². The van der Waals surface area contributed by atoms with Gasteiger partial charge >= 0.3 is 11.9 Å². The lowest BCUT2D eigenvalue weighted by Crippen LogP contribution is -2.58. The molecule has 3 amide bonds. The molecule has 15 heteroatoms. The van der Waals surface area contributed by atoms with E-state index in [0.717, 1.165) is 0 Å². The van der Waals surface area contributed by atoms with Gasteiger partial charge in [0.1, 0.15) is 23.9 Å². The molecule has 0 radical (unpaired) electrons. The number of nitrogens with two attached hydrogens (primary N) is 3. The van der Waals surface area contributed by atoms with Gasteiger partial charge < -0.3 is 48.5 Å². The SMILES string of the molecule is CCC(C)C(NC(=O)C(CCCN=C(N)N)NC(=O)C(CC(=O)O)NC(=O)C(N)Cc1ccc(O)cc1)C(=O)O. The number of phenolic OH excluding ortho intramolecular Hbond substituents is 1. The number of phenols is 1. The fourth-order valence-electron chi connectivity index (χ4n) is 3.62. The average molecular weight is 566 g/mol. The third kappa shape index (κ3) is 12.0. The summed E-state index contributed by atoms with van der Waals surface area (Å²) in [7, 11) is 0. The summed E-state index contributed by atoms with van der Waals surface area (Å²) in [6.07, 6.45) is -0.123. The van der Waals surface area contributed by atoms with Crippen molar-refractivity contribution >= 4 is 35.6 Å². The summed E-state index contributed by atoms with van der Waals surface area (Å²) in [6.45, 7) is 3.51. The number of aliphatic imine (C=N–C) groups is 1. The summed E-state index contributed by atoms with van der Waals surface area (Å²) < 4.78 is 0. The molecule has 15 nitrogen and oxygen atoms in total. The van der Waals surface area contributed by atoms with Gasteiger partial charge in [0.05, 0.1) is 12.5 Å². The average Bonchev–Trinajstić information content (AvgIpc) is 2.88. The van der Waals surface area contributed by atoms with Gasteiger partial charge in [0.15, 0.2) is 5.96 Å². The first-order valence-corrected chi connectivity index (χ1v) is 12.7. The zero-order valence-corrected chi connectivity index (χ0v) is 22.5. The van der Waals surface area contributed by atoms with Crippen molar-refractivity contribution in [2.45, 2.75) is 70.1 Å². The highest BCUT2D eigenvalue weighted by molar-refractivity contribution is 5.95. The minimum atomic E-state index is -1.59. The number of amides is 3. The Labute approximate surface area is 231 Å². The van der Waals surface area contributed by atoms with Crippen LogP contribution in [0.4, 0.5) is 0 Å². The smallest absolute Gasteiger partial charge is 0.326 e. The molecule has 0 saturated heterocycles. The quantitative estimate of drug-likeness (QED) is 0.0587. The van der Waals surface area contributed by atoms with Crippen LogP contribution in [0.3, 0.4) is 0 Å². The van der Waals surface area contributed by atoms with Crippen LogP contribution in [-0.2, 0) is 30.4 Å². The van der Waals surface area contributed by atoms with Gasteiger partial charge in [-0.1, -0.05) is 32.4 Å². The minimum Gasteiger partial charge on any atom is -0.508 e. The Morgan fingerprint density at radius 2 is 1.50 bits per heavy atom. The first-order chi connectivity index (χ1) is 18.7. The topological polar surface area (TPSA) is 273 Å². The van der Waals surface area contributed by atoms with Crippen molar-refractivity contribution in [2.24, 2.45) is 28.1 Å². The lowest BCUT2D eigenvalue weighted by Gasteiger charge is -2.26. The number of carboxylic acids is 2. The van der Waals surface area contributed by atoms with Crippen LogP contribution in [0.15, 0.2) is 29.3 Å². The van der Waals surface area contributed by atoms with Crippen LogP contribution in [0.1, 0.15) is 45.1 Å². The second kappa shape index (κ2) is 16.5. The van der Waals surface area contributed by atoms with E-state index in [0.29, 0.717) is 12.0 Å². The van der Waals surface area contributed by atoms with E-state index >= 15 is 0 Å². The first kappa shape index (κ1) is 33.6. The van der Waals surface area contributed by atoms with Gasteiger partial charge in [-0.15, -0.1) is 0 Å². The molecule has 5 unspecified atom stereocenters. The molecule has 40 heavy (non-hydrogen) atoms. The number of hydrogen-bond acceptors (Lipinski definition) is 8. The van der Waals surface area contributed by atoms with Gasteiger partial charge in [-0.25, -0.2) is 4.79 Å². The molecular formula is C25H39N7O8. The second-order valence-corrected chi connectivity index (χ2v) is 9.36. The van der Waals surface area contributed by atoms with E-state index in [4.69, 9.17) is 17.2 Å². The lowest BCUT2D eigenvalue weighted by molar-refractivity contribution is -0.144. The van der Waals surface area contributed by atoms with Crippen LogP contribution in [0, 0.1) is 5.92 Å². The van der Waals surface area contributed by atoms with Crippen molar-refractivity contribution < 1.29 is 39.3 Å². The third-order valence-electron chi connectivity index (χ3n) is 6.10. The van der Waals surface area contributed by atoms with Crippen LogP contribution in [0.2, 0.25) is 0 Å². The zero-order chi connectivity index (χ0) is 30.4. The maximum atomic E-state index is 13.1. The molecule has 1 aromatic carbocycles. The van der Waals surface area contributed by atoms with Gasteiger partial charge in [-0.05, 0) is 42.9 Å². The van der Waals surface area contributed by atoms with Crippen LogP contribution in [0.5, 0.6) is 5.75 Å². The molecule has 0 aliphatic carbocycles. The van der Waals surface area contributed by atoms with Gasteiger partial charge in [0, 0.05) is 6.54 Å². The molecule has 1 aromatic rings. The molecule has 0 fully saturated rings. The molecule has 0 spiro atoms. The maximum absolute atomic E-state index is 13.1. The summed E-state index contributed by atoms with van der Waals surface area (Å²) in [5.74, 6) is -5.84. The van der Waals surface area contributed by atoms with E-state index in [9.17, 15) is 39.3 Å². The third-order valence-corrected chi connectivity index (χ3v) is 6.10. The Bertz CT molecular complexity index is 1060. The molecular weight excluding hydrogens is 526 g/mol. The Morgan fingerprint density at radius 1 is 0.925 bits per heavy atom. The van der Waals surface area contributed by atoms with Gasteiger partial charge in [-0.3, -0.25) is 24.2 Å². The lowest BCUT2D eigenvalue weighted by atomic mass is 9.98.